The van der Waals surface area contributed by atoms with Gasteiger partial charge in [-0.15, -0.1) is 0 Å². The molecule has 0 saturated carbocycles. The Kier molecular flexibility index (Phi) is 8.52. The van der Waals surface area contributed by atoms with Crippen LogP contribution in [-0.2, 0) is 39.4 Å². The van der Waals surface area contributed by atoms with Crippen LogP contribution in [-0.4, -0.2) is 58.8 Å². The third-order valence-corrected chi connectivity index (χ3v) is 14.0. The van der Waals surface area contributed by atoms with Gasteiger partial charge in [0.2, 0.25) is 14.3 Å². The summed E-state index contributed by atoms with van der Waals surface area (Å²) in [5.41, 5.74) is 2.93. The second-order valence-electron chi connectivity index (χ2n) is 14.8. The Morgan fingerprint density at radius 3 is 2.52 bits per heavy atom. The molecule has 1 spiro atoms. The van der Waals surface area contributed by atoms with E-state index in [1.54, 1.807) is 47.2 Å². The molecule has 0 bridgehead atoms. The maximum Gasteiger partial charge on any atom is 0.279 e. The number of H-pyrrole nitrogens is 1. The molecule has 52 heavy (non-hydrogen) atoms. The molecule has 5 atom stereocenters. The first-order valence-electron chi connectivity index (χ1n) is 17.7. The van der Waals surface area contributed by atoms with Crippen LogP contribution in [0.1, 0.15) is 35.6 Å². The first-order valence-corrected chi connectivity index (χ1v) is 21.0. The van der Waals surface area contributed by atoms with Crippen molar-refractivity contribution in [2.24, 2.45) is 5.92 Å². The number of hydrogen-bond donors (Lipinski definition) is 2. The third kappa shape index (κ3) is 5.53. The fraction of sp³-hybridized carbons (Fsp3) is 0.325. The quantitative estimate of drug-likeness (QED) is 0.144. The molecular weight excluding hydrogens is 699 g/mol. The van der Waals surface area contributed by atoms with Gasteiger partial charge in [0, 0.05) is 28.6 Å². The average molecular weight is 739 g/mol. The van der Waals surface area contributed by atoms with Crippen molar-refractivity contribution in [2.75, 3.05) is 11.5 Å². The number of aromatic nitrogens is 2. The minimum atomic E-state index is -3.55. The van der Waals surface area contributed by atoms with Gasteiger partial charge in [0.25, 0.3) is 11.5 Å². The Bertz CT molecular complexity index is 2290. The highest BCUT2D eigenvalue weighted by Crippen LogP contribution is 2.60. The molecule has 1 saturated heterocycles. The molecule has 268 valence electrons. The van der Waals surface area contributed by atoms with Crippen molar-refractivity contribution in [2.45, 2.75) is 69.2 Å². The van der Waals surface area contributed by atoms with Crippen LogP contribution in [0.2, 0.25) is 23.7 Å². The number of nitrogens with one attached hydrogen (secondary N) is 1. The predicted octanol–water partition coefficient (Wildman–Crippen LogP) is 6.63. The van der Waals surface area contributed by atoms with E-state index in [-0.39, 0.29) is 36.9 Å². The number of nitrogens with zero attached hydrogens (tertiary/aromatic N) is 3. The molecule has 0 unspecified atom stereocenters. The number of halogens is 2. The maximum atomic E-state index is 16.5. The lowest BCUT2D eigenvalue weighted by Crippen LogP contribution is -2.48. The molecule has 4 heterocycles. The van der Waals surface area contributed by atoms with E-state index in [4.69, 9.17) is 16.3 Å². The number of anilines is 1. The SMILES string of the molecule is C[C@H]1[C@H]([Si](C)(C)F)[C@@H](CC(=O)N2Cc3ccccc3C[C@H]2CO)O[C@]12C(=O)N(Cc1cccc(-n3[nH]c4ccccc4c3=O)c1)c1ccc(Cl)cc12. The summed E-state index contributed by atoms with van der Waals surface area (Å²) in [5.74, 6) is -1.20. The number of carbonyl (C=O) groups excluding carboxylic acids is 2. The van der Waals surface area contributed by atoms with Crippen molar-refractivity contribution in [1.82, 2.24) is 14.7 Å². The van der Waals surface area contributed by atoms with Gasteiger partial charge in [-0.1, -0.05) is 67.1 Å². The first-order chi connectivity index (χ1) is 24.9. The highest BCUT2D eigenvalue weighted by molar-refractivity contribution is 6.72. The minimum Gasteiger partial charge on any atom is -0.394 e. The van der Waals surface area contributed by atoms with E-state index in [1.165, 1.54) is 4.68 Å². The zero-order valence-electron chi connectivity index (χ0n) is 29.2. The normalized spacial score (nSPS) is 24.2. The summed E-state index contributed by atoms with van der Waals surface area (Å²) in [6.07, 6.45) is -0.481. The molecule has 2 N–H and O–H groups in total. The smallest absolute Gasteiger partial charge is 0.279 e. The topological polar surface area (TPSA) is 108 Å². The number of carbonyl (C=O) groups is 2. The van der Waals surface area contributed by atoms with Gasteiger partial charge in [-0.05, 0) is 78.7 Å². The van der Waals surface area contributed by atoms with Crippen LogP contribution in [0.4, 0.5) is 9.80 Å². The van der Waals surface area contributed by atoms with Crippen LogP contribution in [0, 0.1) is 5.92 Å². The lowest BCUT2D eigenvalue weighted by Gasteiger charge is -2.37. The van der Waals surface area contributed by atoms with Gasteiger partial charge >= 0.3 is 0 Å². The number of aliphatic hydroxyl groups is 1. The molecule has 1 fully saturated rings. The number of amides is 2. The van der Waals surface area contributed by atoms with E-state index in [9.17, 15) is 19.5 Å². The van der Waals surface area contributed by atoms with Crippen molar-refractivity contribution in [3.05, 3.63) is 129 Å². The van der Waals surface area contributed by atoms with Crippen molar-refractivity contribution in [3.63, 3.8) is 0 Å². The Morgan fingerprint density at radius 1 is 1.02 bits per heavy atom. The third-order valence-electron chi connectivity index (χ3n) is 11.3. The molecular formula is C40H40ClFN4O5Si. The molecule has 2 amide bonds. The van der Waals surface area contributed by atoms with Gasteiger partial charge in [-0.3, -0.25) is 19.5 Å². The van der Waals surface area contributed by atoms with E-state index in [0.717, 1.165) is 16.7 Å². The van der Waals surface area contributed by atoms with Gasteiger partial charge in [-0.2, -0.15) is 0 Å². The molecule has 9 nitrogen and oxygen atoms in total. The number of ether oxygens (including phenoxy) is 1. The monoisotopic (exact) mass is 738 g/mol. The molecule has 3 aliphatic heterocycles. The highest BCUT2D eigenvalue weighted by atomic mass is 35.5. The Balaban J connectivity index is 1.13. The number of hydrogen-bond acceptors (Lipinski definition) is 5. The standard InChI is InChI=1S/C40H40ClFN4O5Si/c1-24-37(52(2,3)42)35(20-36(48)44-22-27-11-5-4-10-26(27)18-30(44)23-47)51-40(24)32-19-28(41)15-16-34(32)45(39(40)50)21-25-9-8-12-29(17-25)46-38(49)31-13-6-7-14-33(31)43-46/h4-17,19,24,30,35,37,43,47H,18,20-23H2,1-3H3/t24-,30-,35+,37-,40+/m0/s1. The Labute approximate surface area is 306 Å². The van der Waals surface area contributed by atoms with Crippen molar-refractivity contribution in [1.29, 1.82) is 0 Å². The number of rotatable bonds is 7. The van der Waals surface area contributed by atoms with Gasteiger partial charge < -0.3 is 23.8 Å². The van der Waals surface area contributed by atoms with Crippen molar-refractivity contribution in [3.8, 4) is 5.69 Å². The Morgan fingerprint density at radius 2 is 1.77 bits per heavy atom. The molecule has 12 heteroatoms. The summed E-state index contributed by atoms with van der Waals surface area (Å²) in [4.78, 5) is 45.6. The average Bonchev–Trinajstić information content (AvgIpc) is 3.70. The Hall–Kier alpha value is -4.55. The van der Waals surface area contributed by atoms with E-state index in [2.05, 4.69) is 5.10 Å². The van der Waals surface area contributed by atoms with E-state index in [1.807, 2.05) is 73.7 Å². The van der Waals surface area contributed by atoms with Crippen LogP contribution in [0.15, 0.2) is 95.8 Å². The number of benzene rings is 4. The molecule has 0 radical (unpaired) electrons. The van der Waals surface area contributed by atoms with E-state index in [0.29, 0.717) is 45.8 Å². The minimum absolute atomic E-state index is 0.125. The first kappa shape index (κ1) is 34.5. The fourth-order valence-corrected chi connectivity index (χ4v) is 11.6. The summed E-state index contributed by atoms with van der Waals surface area (Å²) in [5, 5.41) is 14.4. The lowest BCUT2D eigenvalue weighted by molar-refractivity contribution is -0.151. The summed E-state index contributed by atoms with van der Waals surface area (Å²) in [7, 11) is -3.55. The molecule has 5 aromatic rings. The van der Waals surface area contributed by atoms with Crippen LogP contribution < -0.4 is 10.5 Å². The van der Waals surface area contributed by atoms with Gasteiger partial charge in [0.1, 0.15) is 0 Å². The molecule has 8 rings (SSSR count). The van der Waals surface area contributed by atoms with Crippen molar-refractivity contribution >= 4 is 48.4 Å². The second-order valence-corrected chi connectivity index (χ2v) is 19.1. The van der Waals surface area contributed by atoms with Gasteiger partial charge in [0.05, 0.1) is 54.0 Å². The van der Waals surface area contributed by atoms with E-state index < -0.39 is 37.6 Å². The van der Waals surface area contributed by atoms with Crippen LogP contribution in [0.3, 0.4) is 0 Å². The van der Waals surface area contributed by atoms with Gasteiger partial charge in [-0.25, -0.2) is 4.68 Å². The van der Waals surface area contributed by atoms with Crippen molar-refractivity contribution < 1.29 is 23.5 Å². The molecule has 3 aliphatic rings. The zero-order valence-corrected chi connectivity index (χ0v) is 30.9. The summed E-state index contributed by atoms with van der Waals surface area (Å²) in [6.45, 7) is 5.36. The van der Waals surface area contributed by atoms with Gasteiger partial charge in [0.15, 0.2) is 5.60 Å². The van der Waals surface area contributed by atoms with E-state index >= 15 is 4.11 Å². The number of aliphatic hydroxyl groups excluding tert-OH is 1. The van der Waals surface area contributed by atoms with Crippen LogP contribution >= 0.6 is 11.6 Å². The largest absolute Gasteiger partial charge is 0.394 e. The maximum absolute atomic E-state index is 16.5. The molecule has 4 aromatic carbocycles. The summed E-state index contributed by atoms with van der Waals surface area (Å²) >= 11 is 6.58. The molecule has 1 aromatic heterocycles. The number of aromatic amines is 1. The summed E-state index contributed by atoms with van der Waals surface area (Å²) in [6, 6.07) is 27.4. The zero-order chi connectivity index (χ0) is 36.5. The lowest BCUT2D eigenvalue weighted by atomic mass is 9.82. The number of fused-ring (bicyclic) bond motifs is 4. The summed E-state index contributed by atoms with van der Waals surface area (Å²) < 4.78 is 24.9. The second kappa shape index (κ2) is 12.8. The number of para-hydroxylation sites is 1. The van der Waals surface area contributed by atoms with Crippen LogP contribution in [0.25, 0.3) is 16.6 Å². The van der Waals surface area contributed by atoms with Crippen LogP contribution in [0.5, 0.6) is 0 Å². The molecule has 0 aliphatic carbocycles. The predicted molar refractivity (Wildman–Crippen MR) is 201 cm³/mol. The fourth-order valence-electron chi connectivity index (χ4n) is 8.93. The highest BCUT2D eigenvalue weighted by Gasteiger charge is 2.67.